The molecule has 0 unspecified atom stereocenters. The lowest BCUT2D eigenvalue weighted by Crippen LogP contribution is -2.47. The number of piperidine rings is 1. The van der Waals surface area contributed by atoms with E-state index in [2.05, 4.69) is 0 Å². The second kappa shape index (κ2) is 5.81. The molecule has 1 atom stereocenters. The quantitative estimate of drug-likeness (QED) is 0.739. The van der Waals surface area contributed by atoms with Crippen molar-refractivity contribution in [3.63, 3.8) is 0 Å². The van der Waals surface area contributed by atoms with E-state index in [-0.39, 0.29) is 17.9 Å². The van der Waals surface area contributed by atoms with Crippen molar-refractivity contribution in [1.82, 2.24) is 4.90 Å². The molecule has 0 aromatic carbocycles. The molecule has 4 nitrogen and oxygen atoms in total. The van der Waals surface area contributed by atoms with E-state index in [1.165, 1.54) is 0 Å². The van der Waals surface area contributed by atoms with Crippen LogP contribution in [0.1, 0.15) is 46.5 Å². The fraction of sp³-hybridized carbons (Fsp3) is 0.625. The van der Waals surface area contributed by atoms with Crippen molar-refractivity contribution in [2.24, 2.45) is 0 Å². The maximum absolute atomic E-state index is 12.3. The molecule has 2 aliphatic rings. The highest BCUT2D eigenvalue weighted by atomic mass is 16.6. The molecule has 110 valence electrons. The van der Waals surface area contributed by atoms with Crippen LogP contribution in [0, 0.1) is 0 Å². The lowest BCUT2D eigenvalue weighted by Gasteiger charge is -2.37. The van der Waals surface area contributed by atoms with Gasteiger partial charge in [-0.15, -0.1) is 0 Å². The van der Waals surface area contributed by atoms with Gasteiger partial charge < -0.3 is 9.64 Å². The van der Waals surface area contributed by atoms with Crippen LogP contribution in [-0.4, -0.2) is 35.0 Å². The predicted molar refractivity (Wildman–Crippen MR) is 77.4 cm³/mol. The number of amides is 1. The van der Waals surface area contributed by atoms with E-state index in [1.54, 1.807) is 11.0 Å². The Kier molecular flexibility index (Phi) is 4.31. The van der Waals surface area contributed by atoms with Gasteiger partial charge in [-0.1, -0.05) is 12.2 Å². The number of ketones is 1. The summed E-state index contributed by atoms with van der Waals surface area (Å²) < 4.78 is 5.49. The van der Waals surface area contributed by atoms with E-state index in [1.807, 2.05) is 32.9 Å². The molecular weight excluding hydrogens is 254 g/mol. The monoisotopic (exact) mass is 277 g/mol. The molecule has 20 heavy (non-hydrogen) atoms. The molecule has 0 aromatic rings. The minimum atomic E-state index is -0.480. The Morgan fingerprint density at radius 3 is 2.65 bits per heavy atom. The van der Waals surface area contributed by atoms with E-state index in [9.17, 15) is 9.59 Å². The second-order valence-corrected chi connectivity index (χ2v) is 6.39. The van der Waals surface area contributed by atoms with Crippen LogP contribution in [0.5, 0.6) is 0 Å². The summed E-state index contributed by atoms with van der Waals surface area (Å²) in [6.07, 6.45) is 8.61. The van der Waals surface area contributed by atoms with Gasteiger partial charge in [0.15, 0.2) is 5.78 Å². The highest BCUT2D eigenvalue weighted by Gasteiger charge is 2.32. The fourth-order valence-electron chi connectivity index (χ4n) is 2.61. The van der Waals surface area contributed by atoms with Gasteiger partial charge in [-0.2, -0.15) is 0 Å². The second-order valence-electron chi connectivity index (χ2n) is 6.39. The van der Waals surface area contributed by atoms with Crippen LogP contribution in [0.25, 0.3) is 0 Å². The summed E-state index contributed by atoms with van der Waals surface area (Å²) in [5, 5.41) is 0. The zero-order valence-corrected chi connectivity index (χ0v) is 12.5. The van der Waals surface area contributed by atoms with Crippen molar-refractivity contribution in [2.75, 3.05) is 6.54 Å². The first kappa shape index (κ1) is 14.8. The van der Waals surface area contributed by atoms with Gasteiger partial charge in [0.25, 0.3) is 0 Å². The van der Waals surface area contributed by atoms with E-state index in [0.717, 1.165) is 31.4 Å². The molecule has 1 aliphatic carbocycles. The highest BCUT2D eigenvalue weighted by molar-refractivity contribution is 5.92. The molecule has 0 radical (unpaired) electrons. The smallest absolute Gasteiger partial charge is 0.410 e. The van der Waals surface area contributed by atoms with Crippen LogP contribution < -0.4 is 0 Å². The molecule has 0 saturated carbocycles. The molecule has 4 heteroatoms. The minimum absolute atomic E-state index is 0.0444. The maximum atomic E-state index is 12.3. The number of carbonyl (C=O) groups is 2. The van der Waals surface area contributed by atoms with Crippen molar-refractivity contribution in [3.05, 3.63) is 23.8 Å². The van der Waals surface area contributed by atoms with Gasteiger partial charge in [-0.3, -0.25) is 4.79 Å². The van der Waals surface area contributed by atoms with Gasteiger partial charge in [0, 0.05) is 13.0 Å². The summed E-state index contributed by atoms with van der Waals surface area (Å²) in [5.74, 6) is 0.119. The first-order valence-electron chi connectivity index (χ1n) is 7.27. The van der Waals surface area contributed by atoms with Crippen LogP contribution >= 0.6 is 0 Å². The first-order valence-corrected chi connectivity index (χ1v) is 7.27. The van der Waals surface area contributed by atoms with Crippen molar-refractivity contribution in [2.45, 2.75) is 58.1 Å². The molecule has 2 rings (SSSR count). The van der Waals surface area contributed by atoms with Crippen LogP contribution in [-0.2, 0) is 9.53 Å². The van der Waals surface area contributed by atoms with Gasteiger partial charge in [0.2, 0.25) is 0 Å². The predicted octanol–water partition coefficient (Wildman–Crippen LogP) is 3.23. The normalized spacial score (nSPS) is 23.6. The number of nitrogens with zero attached hydrogens (tertiary/aromatic N) is 1. The SMILES string of the molecule is CC(C)(C)OC(=O)N1CCCC[C@H]1C1=CCC(=O)C=C1. The molecule has 0 N–H and O–H groups in total. The third-order valence-corrected chi connectivity index (χ3v) is 3.52. The number of likely N-dealkylation sites (tertiary alicyclic amines) is 1. The average Bonchev–Trinajstić information content (AvgIpc) is 2.38. The fourth-order valence-corrected chi connectivity index (χ4v) is 2.61. The Bertz CT molecular complexity index is 457. The number of hydrogen-bond acceptors (Lipinski definition) is 3. The van der Waals surface area contributed by atoms with Crippen LogP contribution in [0.3, 0.4) is 0 Å². The number of rotatable bonds is 1. The Hall–Kier alpha value is -1.58. The van der Waals surface area contributed by atoms with Gasteiger partial charge in [0.1, 0.15) is 5.60 Å². The van der Waals surface area contributed by atoms with Crippen LogP contribution in [0.2, 0.25) is 0 Å². The average molecular weight is 277 g/mol. The van der Waals surface area contributed by atoms with E-state index in [0.29, 0.717) is 6.42 Å². The summed E-state index contributed by atoms with van der Waals surface area (Å²) in [6, 6.07) is 0.0444. The van der Waals surface area contributed by atoms with Crippen LogP contribution in [0.15, 0.2) is 23.8 Å². The lowest BCUT2D eigenvalue weighted by atomic mass is 9.92. The van der Waals surface area contributed by atoms with Gasteiger partial charge in [-0.25, -0.2) is 4.79 Å². The number of ether oxygens (including phenoxy) is 1. The molecule has 0 bridgehead atoms. The topological polar surface area (TPSA) is 46.6 Å². The zero-order valence-electron chi connectivity index (χ0n) is 12.5. The van der Waals surface area contributed by atoms with Crippen molar-refractivity contribution < 1.29 is 14.3 Å². The van der Waals surface area contributed by atoms with Crippen molar-refractivity contribution >= 4 is 11.9 Å². The molecule has 1 amide bonds. The zero-order chi connectivity index (χ0) is 14.8. The number of allylic oxidation sites excluding steroid dienone is 2. The summed E-state index contributed by atoms with van der Waals surface area (Å²) in [5.41, 5.74) is 0.585. The molecule has 0 spiro atoms. The molecular formula is C16H23NO3. The summed E-state index contributed by atoms with van der Waals surface area (Å²) in [7, 11) is 0. The Morgan fingerprint density at radius 1 is 1.30 bits per heavy atom. The van der Waals surface area contributed by atoms with Crippen molar-refractivity contribution in [1.29, 1.82) is 0 Å². The minimum Gasteiger partial charge on any atom is -0.444 e. The van der Waals surface area contributed by atoms with E-state index < -0.39 is 5.60 Å². The van der Waals surface area contributed by atoms with Gasteiger partial charge in [-0.05, 0) is 51.7 Å². The highest BCUT2D eigenvalue weighted by Crippen LogP contribution is 2.27. The summed E-state index contributed by atoms with van der Waals surface area (Å²) in [6.45, 7) is 6.35. The largest absolute Gasteiger partial charge is 0.444 e. The maximum Gasteiger partial charge on any atom is 0.410 e. The first-order chi connectivity index (χ1) is 9.37. The Morgan fingerprint density at radius 2 is 2.05 bits per heavy atom. The Labute approximate surface area is 120 Å². The molecule has 1 fully saturated rings. The Balaban J connectivity index is 2.11. The van der Waals surface area contributed by atoms with Gasteiger partial charge in [0.05, 0.1) is 6.04 Å². The third-order valence-electron chi connectivity index (χ3n) is 3.52. The molecule has 1 heterocycles. The lowest BCUT2D eigenvalue weighted by molar-refractivity contribution is -0.113. The molecule has 1 aliphatic heterocycles. The summed E-state index contributed by atoms with van der Waals surface area (Å²) in [4.78, 5) is 25.4. The summed E-state index contributed by atoms with van der Waals surface area (Å²) >= 11 is 0. The number of hydrogen-bond donors (Lipinski definition) is 0. The van der Waals surface area contributed by atoms with E-state index >= 15 is 0 Å². The van der Waals surface area contributed by atoms with Crippen molar-refractivity contribution in [3.8, 4) is 0 Å². The number of carbonyl (C=O) groups excluding carboxylic acids is 2. The third kappa shape index (κ3) is 3.71. The standard InChI is InChI=1S/C16H23NO3/c1-16(2,3)20-15(19)17-11-5-4-6-14(17)12-7-9-13(18)10-8-12/h7-9,14H,4-6,10-11H2,1-3H3/t14-/m0/s1. The van der Waals surface area contributed by atoms with Crippen LogP contribution in [0.4, 0.5) is 4.79 Å². The molecule has 0 aromatic heterocycles. The van der Waals surface area contributed by atoms with E-state index in [4.69, 9.17) is 4.74 Å². The van der Waals surface area contributed by atoms with Gasteiger partial charge >= 0.3 is 6.09 Å². The molecule has 1 saturated heterocycles.